The molecule has 17 N–H and O–H groups in total. The minimum absolute atomic E-state index is 0.0619. The van der Waals surface area contributed by atoms with Gasteiger partial charge in [-0.2, -0.15) is 0 Å². The average Bonchev–Trinajstić information content (AvgIpc) is 3.15. The lowest BCUT2D eigenvalue weighted by atomic mass is 9.97. The van der Waals surface area contributed by atoms with Gasteiger partial charge in [0, 0.05) is 6.54 Å². The van der Waals surface area contributed by atoms with Crippen LogP contribution in [0.1, 0.15) is 80.6 Å². The highest BCUT2D eigenvalue weighted by Crippen LogP contribution is 2.10. The van der Waals surface area contributed by atoms with Crippen LogP contribution >= 0.6 is 0 Å². The first-order valence-corrected chi connectivity index (χ1v) is 19.1. The average molecular weight is 846 g/mol. The summed E-state index contributed by atoms with van der Waals surface area (Å²) in [6.45, 7) is 9.62. The standard InChI is InChI=1S/C35H63N11O13/c1-8-15(3)24(36)30(54)41-17(5)28(52)43-21(13-23(50)51)29(53)45-25(16(4)9-2)31(55)40-14-22(49)44-26(18(6)47)33(57)46-27(19(7)48)32(56)42-20(34(58)59)11-10-12-39-35(37)38/h15-21,24-27,47-48H,8-14,36H2,1-7H3,(H,40,55)(H,41,54)(H,42,56)(H,43,52)(H,44,49)(H,45,53)(H,46,57)(H,50,51)(H,58,59)(H4,37,38,39)/t15-,16-,17-,18+,19+,20-,21-,24-,25-,26-,27-/m0/s1. The molecule has 0 bridgehead atoms. The Hall–Kier alpha value is -5.62. The molecule has 0 aliphatic heterocycles. The maximum Gasteiger partial charge on any atom is 0.326 e. The highest BCUT2D eigenvalue weighted by Gasteiger charge is 2.35. The number of hydrogen-bond donors (Lipinski definition) is 14. The van der Waals surface area contributed by atoms with E-state index in [0.717, 1.165) is 13.8 Å². The van der Waals surface area contributed by atoms with Gasteiger partial charge in [0.2, 0.25) is 41.4 Å². The second-order valence-electron chi connectivity index (χ2n) is 14.3. The number of carboxylic acids is 2. The van der Waals surface area contributed by atoms with Gasteiger partial charge in [-0.15, -0.1) is 0 Å². The molecule has 0 aliphatic rings. The molecule has 0 rings (SSSR count). The van der Waals surface area contributed by atoms with Crippen LogP contribution in [0.4, 0.5) is 0 Å². The fourth-order valence-electron chi connectivity index (χ4n) is 5.10. The number of aliphatic carboxylic acids is 2. The van der Waals surface area contributed by atoms with E-state index in [-0.39, 0.29) is 31.3 Å². The molecule has 59 heavy (non-hydrogen) atoms. The fraction of sp³-hybridized carbons (Fsp3) is 0.714. The highest BCUT2D eigenvalue weighted by molar-refractivity contribution is 5.98. The van der Waals surface area contributed by atoms with Crippen molar-refractivity contribution in [2.24, 2.45) is 34.0 Å². The van der Waals surface area contributed by atoms with Gasteiger partial charge in [0.25, 0.3) is 0 Å². The molecule has 0 aromatic rings. The van der Waals surface area contributed by atoms with E-state index >= 15 is 0 Å². The maximum absolute atomic E-state index is 13.3. The molecule has 0 radical (unpaired) electrons. The Morgan fingerprint density at radius 1 is 0.610 bits per heavy atom. The second kappa shape index (κ2) is 26.4. The summed E-state index contributed by atoms with van der Waals surface area (Å²) in [5, 5.41) is 55.4. The first-order chi connectivity index (χ1) is 27.4. The number of nitrogens with one attached hydrogen (secondary N) is 7. The molecule has 336 valence electrons. The third kappa shape index (κ3) is 19.6. The van der Waals surface area contributed by atoms with Crippen LogP contribution in [-0.2, 0) is 43.2 Å². The topological polar surface area (TPSA) is 409 Å². The zero-order valence-corrected chi connectivity index (χ0v) is 34.4. The Kier molecular flexibility index (Phi) is 23.9. The number of aliphatic imine (C=N–C) groups is 1. The Balaban J connectivity index is 5.76. The van der Waals surface area contributed by atoms with E-state index in [4.69, 9.17) is 17.2 Å². The molecule has 0 fully saturated rings. The predicted molar refractivity (Wildman–Crippen MR) is 210 cm³/mol. The number of aliphatic hydroxyl groups excluding tert-OH is 2. The van der Waals surface area contributed by atoms with E-state index in [9.17, 15) is 63.6 Å². The van der Waals surface area contributed by atoms with Crippen LogP contribution in [0.2, 0.25) is 0 Å². The van der Waals surface area contributed by atoms with Crippen molar-refractivity contribution in [1.82, 2.24) is 37.2 Å². The molecular formula is C35H63N11O13. The number of hydrogen-bond acceptors (Lipinski definition) is 13. The summed E-state index contributed by atoms with van der Waals surface area (Å²) >= 11 is 0. The molecule has 0 unspecified atom stereocenters. The number of carbonyl (C=O) groups is 9. The van der Waals surface area contributed by atoms with Crippen LogP contribution in [0.15, 0.2) is 4.99 Å². The van der Waals surface area contributed by atoms with E-state index in [0.29, 0.717) is 12.8 Å². The molecular weight excluding hydrogens is 782 g/mol. The van der Waals surface area contributed by atoms with Crippen LogP contribution < -0.4 is 54.4 Å². The SMILES string of the molecule is CC[C@H](C)[C@H](N)C(=O)N[C@@H](C)C(=O)N[C@@H](CC(=O)O)C(=O)N[C@H](C(=O)NCC(=O)N[C@H](C(=O)N[C@H](C(=O)N[C@@H](CCCN=C(N)N)C(=O)O)[C@@H](C)O)[C@@H](C)O)[C@@H](C)CC. The van der Waals surface area contributed by atoms with Gasteiger partial charge in [0.1, 0.15) is 36.3 Å². The molecule has 0 aliphatic carbocycles. The molecule has 24 nitrogen and oxygen atoms in total. The molecule has 0 spiro atoms. The van der Waals surface area contributed by atoms with Gasteiger partial charge in [-0.3, -0.25) is 43.3 Å². The van der Waals surface area contributed by atoms with Crippen molar-refractivity contribution in [1.29, 1.82) is 0 Å². The van der Waals surface area contributed by atoms with E-state index in [1.807, 2.05) is 6.92 Å². The second-order valence-corrected chi connectivity index (χ2v) is 14.3. The number of carbonyl (C=O) groups excluding carboxylic acids is 7. The normalized spacial score (nSPS) is 16.6. The summed E-state index contributed by atoms with van der Waals surface area (Å²) in [7, 11) is 0. The summed E-state index contributed by atoms with van der Waals surface area (Å²) in [5.41, 5.74) is 16.4. The van der Waals surface area contributed by atoms with Crippen molar-refractivity contribution in [2.75, 3.05) is 13.1 Å². The lowest BCUT2D eigenvalue weighted by Crippen LogP contribution is -2.61. The number of rotatable bonds is 27. The van der Waals surface area contributed by atoms with Gasteiger partial charge in [-0.1, -0.05) is 40.5 Å². The lowest BCUT2D eigenvalue weighted by Gasteiger charge is -2.28. The number of amides is 7. The first-order valence-electron chi connectivity index (χ1n) is 19.1. The van der Waals surface area contributed by atoms with Crippen molar-refractivity contribution in [2.45, 2.75) is 135 Å². The minimum atomic E-state index is -1.76. The monoisotopic (exact) mass is 845 g/mol. The minimum Gasteiger partial charge on any atom is -0.481 e. The number of nitrogens with two attached hydrogens (primary N) is 3. The number of nitrogens with zero attached hydrogens (tertiary/aromatic N) is 1. The zero-order chi connectivity index (χ0) is 45.7. The number of carboxylic acid groups (broad SMARTS) is 2. The molecule has 0 heterocycles. The zero-order valence-electron chi connectivity index (χ0n) is 34.4. The summed E-state index contributed by atoms with van der Waals surface area (Å²) in [6, 6.07) is -10.2. The molecule has 11 atom stereocenters. The van der Waals surface area contributed by atoms with Crippen molar-refractivity contribution in [3.05, 3.63) is 0 Å². The first kappa shape index (κ1) is 53.4. The van der Waals surface area contributed by atoms with Crippen LogP contribution in [-0.4, -0.2) is 147 Å². The molecule has 0 saturated carbocycles. The predicted octanol–water partition coefficient (Wildman–Crippen LogP) is -5.17. The Bertz CT molecular complexity index is 1510. The number of guanidine groups is 1. The van der Waals surface area contributed by atoms with Gasteiger partial charge in [-0.25, -0.2) is 4.79 Å². The lowest BCUT2D eigenvalue weighted by molar-refractivity contribution is -0.143. The van der Waals surface area contributed by atoms with Gasteiger partial charge >= 0.3 is 11.9 Å². The maximum atomic E-state index is 13.3. The van der Waals surface area contributed by atoms with Crippen molar-refractivity contribution in [3.8, 4) is 0 Å². The highest BCUT2D eigenvalue weighted by atomic mass is 16.4. The molecule has 0 aromatic carbocycles. The van der Waals surface area contributed by atoms with Gasteiger partial charge < -0.3 is 74.8 Å². The van der Waals surface area contributed by atoms with Crippen molar-refractivity contribution < 1.29 is 63.6 Å². The van der Waals surface area contributed by atoms with E-state index < -0.39 is 127 Å². The summed E-state index contributed by atoms with van der Waals surface area (Å²) in [6.07, 6.45) is -3.17. The summed E-state index contributed by atoms with van der Waals surface area (Å²) < 4.78 is 0. The fourth-order valence-corrected chi connectivity index (χ4v) is 5.10. The molecule has 7 amide bonds. The van der Waals surface area contributed by atoms with Crippen molar-refractivity contribution >= 4 is 59.2 Å². The largest absolute Gasteiger partial charge is 0.481 e. The van der Waals surface area contributed by atoms with Crippen molar-refractivity contribution in [3.63, 3.8) is 0 Å². The van der Waals surface area contributed by atoms with Gasteiger partial charge in [0.05, 0.1) is 31.2 Å². The van der Waals surface area contributed by atoms with Crippen LogP contribution in [0, 0.1) is 11.8 Å². The molecule has 24 heteroatoms. The van der Waals surface area contributed by atoms with E-state index in [1.54, 1.807) is 20.8 Å². The Morgan fingerprint density at radius 2 is 1.12 bits per heavy atom. The van der Waals surface area contributed by atoms with E-state index in [1.165, 1.54) is 6.92 Å². The summed E-state index contributed by atoms with van der Waals surface area (Å²) in [5.74, 6) is -10.7. The smallest absolute Gasteiger partial charge is 0.326 e. The van der Waals surface area contributed by atoms with Crippen LogP contribution in [0.3, 0.4) is 0 Å². The third-order valence-electron chi connectivity index (χ3n) is 9.24. The quantitative estimate of drug-likeness (QED) is 0.0209. The van der Waals surface area contributed by atoms with Crippen LogP contribution in [0.5, 0.6) is 0 Å². The van der Waals surface area contributed by atoms with E-state index in [2.05, 4.69) is 42.2 Å². The Morgan fingerprint density at radius 3 is 1.61 bits per heavy atom. The summed E-state index contributed by atoms with van der Waals surface area (Å²) in [4.78, 5) is 118. The molecule has 0 aromatic heterocycles. The Labute approximate surface area is 342 Å². The molecule has 0 saturated heterocycles. The van der Waals surface area contributed by atoms with Gasteiger partial charge in [-0.05, 0) is 45.4 Å². The third-order valence-corrected chi connectivity index (χ3v) is 9.24. The van der Waals surface area contributed by atoms with Crippen LogP contribution in [0.25, 0.3) is 0 Å². The van der Waals surface area contributed by atoms with Gasteiger partial charge in [0.15, 0.2) is 5.96 Å². The number of aliphatic hydroxyl groups is 2.